The van der Waals surface area contributed by atoms with Gasteiger partial charge in [-0.1, -0.05) is 6.07 Å². The number of rotatable bonds is 6. The Bertz CT molecular complexity index is 989. The largest absolute Gasteiger partial charge is 0.451 e. The van der Waals surface area contributed by atoms with Gasteiger partial charge < -0.3 is 14.5 Å². The zero-order chi connectivity index (χ0) is 20.1. The minimum atomic E-state index is -0.861. The summed E-state index contributed by atoms with van der Waals surface area (Å²) in [6.45, 7) is 1.10. The summed E-state index contributed by atoms with van der Waals surface area (Å²) in [6, 6.07) is 10.5. The van der Waals surface area contributed by atoms with E-state index in [1.54, 1.807) is 0 Å². The van der Waals surface area contributed by atoms with Gasteiger partial charge in [0.25, 0.3) is 11.8 Å². The van der Waals surface area contributed by atoms with E-state index < -0.39 is 36.2 Å². The van der Waals surface area contributed by atoms with Gasteiger partial charge in [0.15, 0.2) is 6.10 Å². The first-order chi connectivity index (χ1) is 13.4. The summed E-state index contributed by atoms with van der Waals surface area (Å²) < 4.78 is 36.6. The highest BCUT2D eigenvalue weighted by atomic mass is 19.1. The highest BCUT2D eigenvalue weighted by Crippen LogP contribution is 2.22. The zero-order valence-electron chi connectivity index (χ0n) is 14.7. The lowest BCUT2D eigenvalue weighted by Crippen LogP contribution is -2.31. The van der Waals surface area contributed by atoms with Crippen LogP contribution in [0.3, 0.4) is 0 Å². The smallest absolute Gasteiger partial charge is 0.326 e. The average Bonchev–Trinajstić information content (AvgIpc) is 3.17. The Balaban J connectivity index is 1.54. The molecule has 0 radical (unpaired) electrons. The maximum Gasteiger partial charge on any atom is 0.326 e. The van der Waals surface area contributed by atoms with Crippen LogP contribution >= 0.6 is 0 Å². The van der Waals surface area contributed by atoms with Crippen molar-refractivity contribution in [3.05, 3.63) is 71.6 Å². The zero-order valence-corrected chi connectivity index (χ0v) is 14.7. The molecule has 1 amide bonds. The molecule has 0 unspecified atom stereocenters. The Morgan fingerprint density at radius 2 is 1.86 bits per heavy atom. The summed E-state index contributed by atoms with van der Waals surface area (Å²) in [7, 11) is 0. The monoisotopic (exact) mass is 387 g/mol. The standard InChI is InChI=1S/C19H15F2N3O4/c1-11(18-23-24-19(28-18)12-5-7-14(20)8-6-12)27-16(25)10-22-17(26)13-3-2-4-15(21)9-13/h2-9,11H,10H2,1H3,(H,22,26)/t11-/m1/s1. The second kappa shape index (κ2) is 8.38. The van der Waals surface area contributed by atoms with Crippen molar-refractivity contribution in [2.75, 3.05) is 6.54 Å². The first kappa shape index (κ1) is 19.2. The van der Waals surface area contributed by atoms with Crippen LogP contribution in [0.25, 0.3) is 11.5 Å². The molecule has 1 atom stereocenters. The molecule has 7 nitrogen and oxygen atoms in total. The van der Waals surface area contributed by atoms with Crippen molar-refractivity contribution in [2.24, 2.45) is 0 Å². The van der Waals surface area contributed by atoms with Crippen molar-refractivity contribution in [3.63, 3.8) is 0 Å². The fourth-order valence-electron chi connectivity index (χ4n) is 2.28. The normalized spacial score (nSPS) is 11.7. The summed E-state index contributed by atoms with van der Waals surface area (Å²) in [5.41, 5.74) is 0.600. The van der Waals surface area contributed by atoms with Crippen LogP contribution in [0, 0.1) is 11.6 Å². The van der Waals surface area contributed by atoms with E-state index in [0.29, 0.717) is 5.56 Å². The van der Waals surface area contributed by atoms with Gasteiger partial charge in [-0.2, -0.15) is 0 Å². The van der Waals surface area contributed by atoms with Crippen LogP contribution in [0.15, 0.2) is 52.9 Å². The fourth-order valence-corrected chi connectivity index (χ4v) is 2.28. The molecule has 0 spiro atoms. The second-order valence-electron chi connectivity index (χ2n) is 5.78. The molecule has 9 heteroatoms. The molecule has 0 saturated carbocycles. The van der Waals surface area contributed by atoms with Crippen LogP contribution in [0.5, 0.6) is 0 Å². The molecule has 28 heavy (non-hydrogen) atoms. The van der Waals surface area contributed by atoms with Gasteiger partial charge in [0.2, 0.25) is 5.89 Å². The molecule has 2 aromatic carbocycles. The number of ether oxygens (including phenoxy) is 1. The quantitative estimate of drug-likeness (QED) is 0.654. The molecule has 0 aliphatic rings. The Kier molecular flexibility index (Phi) is 5.73. The predicted octanol–water partition coefficient (Wildman–Crippen LogP) is 3.05. The lowest BCUT2D eigenvalue weighted by molar-refractivity contribution is -0.148. The van der Waals surface area contributed by atoms with Gasteiger partial charge in [-0.15, -0.1) is 10.2 Å². The molecule has 0 fully saturated rings. The third-order valence-electron chi connectivity index (χ3n) is 3.67. The van der Waals surface area contributed by atoms with Crippen molar-refractivity contribution in [1.82, 2.24) is 15.5 Å². The van der Waals surface area contributed by atoms with Gasteiger partial charge in [0.1, 0.15) is 18.2 Å². The van der Waals surface area contributed by atoms with Crippen molar-refractivity contribution < 1.29 is 27.5 Å². The number of halogens is 2. The van der Waals surface area contributed by atoms with Crippen molar-refractivity contribution in [1.29, 1.82) is 0 Å². The Hall–Kier alpha value is -3.62. The second-order valence-corrected chi connectivity index (χ2v) is 5.78. The molecule has 0 aliphatic carbocycles. The summed E-state index contributed by atoms with van der Waals surface area (Å²) in [5, 5.41) is 9.97. The van der Waals surface area contributed by atoms with Gasteiger partial charge in [-0.3, -0.25) is 9.59 Å². The van der Waals surface area contributed by atoms with Gasteiger partial charge in [-0.05, 0) is 49.4 Å². The lowest BCUT2D eigenvalue weighted by Gasteiger charge is -2.10. The molecule has 0 bridgehead atoms. The summed E-state index contributed by atoms with van der Waals surface area (Å²) in [4.78, 5) is 23.8. The number of carbonyl (C=O) groups excluding carboxylic acids is 2. The van der Waals surface area contributed by atoms with Crippen LogP contribution in [-0.2, 0) is 9.53 Å². The maximum atomic E-state index is 13.1. The summed E-state index contributed by atoms with van der Waals surface area (Å²) in [5.74, 6) is -2.11. The Morgan fingerprint density at radius 3 is 2.57 bits per heavy atom. The Morgan fingerprint density at radius 1 is 1.11 bits per heavy atom. The fraction of sp³-hybridized carbons (Fsp3) is 0.158. The maximum absolute atomic E-state index is 13.1. The lowest BCUT2D eigenvalue weighted by atomic mass is 10.2. The van der Waals surface area contributed by atoms with E-state index in [2.05, 4.69) is 15.5 Å². The van der Waals surface area contributed by atoms with Crippen molar-refractivity contribution >= 4 is 11.9 Å². The van der Waals surface area contributed by atoms with E-state index in [4.69, 9.17) is 9.15 Å². The number of benzene rings is 2. The summed E-state index contributed by atoms with van der Waals surface area (Å²) >= 11 is 0. The molecule has 144 valence electrons. The molecule has 1 heterocycles. The van der Waals surface area contributed by atoms with Gasteiger partial charge in [0, 0.05) is 11.1 Å². The van der Waals surface area contributed by atoms with Crippen molar-refractivity contribution in [2.45, 2.75) is 13.0 Å². The van der Waals surface area contributed by atoms with Gasteiger partial charge >= 0.3 is 5.97 Å². The number of carbonyl (C=O) groups is 2. The van der Waals surface area contributed by atoms with Crippen LogP contribution in [0.2, 0.25) is 0 Å². The number of nitrogens with one attached hydrogen (secondary N) is 1. The van der Waals surface area contributed by atoms with Crippen LogP contribution in [-0.4, -0.2) is 28.6 Å². The molecular weight excluding hydrogens is 372 g/mol. The predicted molar refractivity (Wildman–Crippen MR) is 92.9 cm³/mol. The van der Waals surface area contributed by atoms with E-state index in [9.17, 15) is 18.4 Å². The molecule has 1 aromatic heterocycles. The minimum Gasteiger partial charge on any atom is -0.451 e. The third-order valence-corrected chi connectivity index (χ3v) is 3.67. The molecule has 0 saturated heterocycles. The molecular formula is C19H15F2N3O4. The topological polar surface area (TPSA) is 94.3 Å². The Labute approximate surface area is 158 Å². The first-order valence-electron chi connectivity index (χ1n) is 8.25. The van der Waals surface area contributed by atoms with E-state index in [1.807, 2.05) is 0 Å². The van der Waals surface area contributed by atoms with Crippen LogP contribution < -0.4 is 5.32 Å². The number of amides is 1. The number of nitrogens with zero attached hydrogens (tertiary/aromatic N) is 2. The van der Waals surface area contributed by atoms with E-state index >= 15 is 0 Å². The number of esters is 1. The minimum absolute atomic E-state index is 0.0455. The van der Waals surface area contributed by atoms with Gasteiger partial charge in [0.05, 0.1) is 0 Å². The third kappa shape index (κ3) is 4.76. The van der Waals surface area contributed by atoms with Crippen LogP contribution in [0.1, 0.15) is 29.3 Å². The highest BCUT2D eigenvalue weighted by Gasteiger charge is 2.19. The van der Waals surface area contributed by atoms with E-state index in [0.717, 1.165) is 6.07 Å². The van der Waals surface area contributed by atoms with E-state index in [-0.39, 0.29) is 17.3 Å². The van der Waals surface area contributed by atoms with Crippen LogP contribution in [0.4, 0.5) is 8.78 Å². The first-order valence-corrected chi connectivity index (χ1v) is 8.25. The molecule has 3 aromatic rings. The SMILES string of the molecule is C[C@@H](OC(=O)CNC(=O)c1cccc(F)c1)c1nnc(-c2ccc(F)cc2)o1. The molecule has 0 aliphatic heterocycles. The summed E-state index contributed by atoms with van der Waals surface area (Å²) in [6.07, 6.45) is -0.861. The number of hydrogen-bond acceptors (Lipinski definition) is 6. The molecule has 1 N–H and O–H groups in total. The van der Waals surface area contributed by atoms with E-state index in [1.165, 1.54) is 49.4 Å². The average molecular weight is 387 g/mol. The van der Waals surface area contributed by atoms with Gasteiger partial charge in [-0.25, -0.2) is 8.78 Å². The highest BCUT2D eigenvalue weighted by molar-refractivity contribution is 5.95. The number of aromatic nitrogens is 2. The van der Waals surface area contributed by atoms with Crippen molar-refractivity contribution in [3.8, 4) is 11.5 Å². The molecule has 3 rings (SSSR count). The number of hydrogen-bond donors (Lipinski definition) is 1.